The van der Waals surface area contributed by atoms with Gasteiger partial charge in [0.2, 0.25) is 0 Å². The lowest BCUT2D eigenvalue weighted by molar-refractivity contribution is 0.0690. The SMILES string of the molecule is COc1cc(C)c(O)c(-c2cc(C(=O)O)[nH]n2)c1. The number of hydrogen-bond acceptors (Lipinski definition) is 4. The Kier molecular flexibility index (Phi) is 2.93. The number of carbonyl (C=O) groups is 1. The third kappa shape index (κ3) is 2.00. The highest BCUT2D eigenvalue weighted by atomic mass is 16.5. The lowest BCUT2D eigenvalue weighted by atomic mass is 10.1. The number of nitrogens with zero attached hydrogens (tertiary/aromatic N) is 1. The van der Waals surface area contributed by atoms with E-state index >= 15 is 0 Å². The molecule has 0 saturated carbocycles. The predicted molar refractivity (Wildman–Crippen MR) is 63.9 cm³/mol. The third-order valence-corrected chi connectivity index (χ3v) is 2.59. The minimum atomic E-state index is -1.10. The van der Waals surface area contributed by atoms with Gasteiger partial charge < -0.3 is 14.9 Å². The minimum absolute atomic E-state index is 0.0372. The molecule has 0 amide bonds. The highest BCUT2D eigenvalue weighted by Crippen LogP contribution is 2.34. The number of ether oxygens (including phenoxy) is 1. The van der Waals surface area contributed by atoms with Gasteiger partial charge in [0.1, 0.15) is 17.2 Å². The molecule has 0 unspecified atom stereocenters. The van der Waals surface area contributed by atoms with Crippen molar-refractivity contribution in [1.29, 1.82) is 0 Å². The van der Waals surface area contributed by atoms with E-state index in [4.69, 9.17) is 9.84 Å². The number of benzene rings is 1. The molecule has 1 aromatic heterocycles. The molecule has 6 nitrogen and oxygen atoms in total. The largest absolute Gasteiger partial charge is 0.507 e. The monoisotopic (exact) mass is 248 g/mol. The Labute approximate surface area is 103 Å². The number of rotatable bonds is 3. The van der Waals surface area contributed by atoms with Crippen LogP contribution in [-0.4, -0.2) is 33.5 Å². The number of aryl methyl sites for hydroxylation is 1. The number of aromatic hydroxyl groups is 1. The standard InChI is InChI=1S/C12H12N2O4/c1-6-3-7(18-2)4-8(11(6)15)9-5-10(12(16)17)14-13-9/h3-5,15H,1-2H3,(H,13,14)(H,16,17). The smallest absolute Gasteiger partial charge is 0.353 e. The Morgan fingerprint density at radius 3 is 2.67 bits per heavy atom. The number of methoxy groups -OCH3 is 1. The summed E-state index contributed by atoms with van der Waals surface area (Å²) in [5, 5.41) is 25.0. The number of hydrogen-bond donors (Lipinski definition) is 3. The summed E-state index contributed by atoms with van der Waals surface area (Å²) in [5.74, 6) is -0.479. The van der Waals surface area contributed by atoms with E-state index in [2.05, 4.69) is 10.2 Å². The molecule has 6 heteroatoms. The lowest BCUT2D eigenvalue weighted by Crippen LogP contribution is -1.95. The van der Waals surface area contributed by atoms with Gasteiger partial charge in [-0.25, -0.2) is 4.79 Å². The van der Waals surface area contributed by atoms with Gasteiger partial charge in [0.15, 0.2) is 0 Å². The molecule has 2 rings (SSSR count). The van der Waals surface area contributed by atoms with E-state index < -0.39 is 5.97 Å². The maximum Gasteiger partial charge on any atom is 0.353 e. The van der Waals surface area contributed by atoms with E-state index in [0.29, 0.717) is 22.6 Å². The van der Waals surface area contributed by atoms with Crippen LogP contribution in [0, 0.1) is 6.92 Å². The van der Waals surface area contributed by atoms with Crippen molar-refractivity contribution in [3.8, 4) is 22.8 Å². The molecule has 18 heavy (non-hydrogen) atoms. The van der Waals surface area contributed by atoms with Crippen LogP contribution in [0.15, 0.2) is 18.2 Å². The molecule has 0 atom stereocenters. The summed E-state index contributed by atoms with van der Waals surface area (Å²) in [6, 6.07) is 4.64. The van der Waals surface area contributed by atoms with Gasteiger partial charge in [-0.3, -0.25) is 5.10 Å². The first-order chi connectivity index (χ1) is 8.52. The molecule has 94 valence electrons. The summed E-state index contributed by atoms with van der Waals surface area (Å²) >= 11 is 0. The first kappa shape index (κ1) is 12.0. The number of nitrogens with one attached hydrogen (secondary N) is 1. The molecular weight excluding hydrogens is 236 g/mol. The van der Waals surface area contributed by atoms with E-state index in [1.807, 2.05) is 0 Å². The number of aromatic nitrogens is 2. The van der Waals surface area contributed by atoms with Gasteiger partial charge in [-0.1, -0.05) is 0 Å². The quantitative estimate of drug-likeness (QED) is 0.769. The number of phenols is 1. The zero-order valence-corrected chi connectivity index (χ0v) is 9.89. The number of aromatic amines is 1. The summed E-state index contributed by atoms with van der Waals surface area (Å²) in [5.41, 5.74) is 1.37. The number of carboxylic acid groups (broad SMARTS) is 1. The van der Waals surface area contributed by atoms with E-state index in [0.717, 1.165) is 0 Å². The van der Waals surface area contributed by atoms with Gasteiger partial charge in [0.05, 0.1) is 12.8 Å². The van der Waals surface area contributed by atoms with Gasteiger partial charge in [0.25, 0.3) is 0 Å². The summed E-state index contributed by atoms with van der Waals surface area (Å²) in [6.45, 7) is 1.73. The maximum absolute atomic E-state index is 10.8. The van der Waals surface area contributed by atoms with Crippen LogP contribution in [0.25, 0.3) is 11.3 Å². The van der Waals surface area contributed by atoms with Crippen LogP contribution in [0.3, 0.4) is 0 Å². The fourth-order valence-corrected chi connectivity index (χ4v) is 1.63. The van der Waals surface area contributed by atoms with E-state index in [-0.39, 0.29) is 11.4 Å². The van der Waals surface area contributed by atoms with Crippen LogP contribution in [0.2, 0.25) is 0 Å². The lowest BCUT2D eigenvalue weighted by Gasteiger charge is -2.08. The molecule has 0 aliphatic carbocycles. The Hall–Kier alpha value is -2.50. The number of carboxylic acids is 1. The van der Waals surface area contributed by atoms with Gasteiger partial charge in [-0.15, -0.1) is 0 Å². The second-order valence-corrected chi connectivity index (χ2v) is 3.81. The van der Waals surface area contributed by atoms with Crippen molar-refractivity contribution in [2.75, 3.05) is 7.11 Å². The molecule has 3 N–H and O–H groups in total. The molecule has 0 bridgehead atoms. The van der Waals surface area contributed by atoms with Crippen molar-refractivity contribution in [1.82, 2.24) is 10.2 Å². The molecule has 0 fully saturated rings. The van der Waals surface area contributed by atoms with Crippen LogP contribution in [0.1, 0.15) is 16.1 Å². The van der Waals surface area contributed by atoms with Crippen molar-refractivity contribution in [2.24, 2.45) is 0 Å². The van der Waals surface area contributed by atoms with E-state index in [1.54, 1.807) is 19.1 Å². The predicted octanol–water partition coefficient (Wildman–Crippen LogP) is 1.80. The normalized spacial score (nSPS) is 10.3. The Morgan fingerprint density at radius 1 is 1.39 bits per heavy atom. The summed E-state index contributed by atoms with van der Waals surface area (Å²) in [6.07, 6.45) is 0. The zero-order chi connectivity index (χ0) is 13.3. The molecule has 1 aromatic carbocycles. The Morgan fingerprint density at radius 2 is 2.11 bits per heavy atom. The Bertz CT molecular complexity index is 604. The van der Waals surface area contributed by atoms with Crippen molar-refractivity contribution in [3.05, 3.63) is 29.5 Å². The average molecular weight is 248 g/mol. The Balaban J connectivity index is 2.55. The first-order valence-electron chi connectivity index (χ1n) is 5.19. The molecule has 0 spiro atoms. The molecule has 1 heterocycles. The highest BCUT2D eigenvalue weighted by Gasteiger charge is 2.15. The van der Waals surface area contributed by atoms with Crippen LogP contribution >= 0.6 is 0 Å². The second kappa shape index (κ2) is 4.40. The van der Waals surface area contributed by atoms with Crippen molar-refractivity contribution < 1.29 is 19.7 Å². The average Bonchev–Trinajstić information content (AvgIpc) is 2.82. The third-order valence-electron chi connectivity index (χ3n) is 2.59. The second-order valence-electron chi connectivity index (χ2n) is 3.81. The fraction of sp³-hybridized carbons (Fsp3) is 0.167. The van der Waals surface area contributed by atoms with Crippen molar-refractivity contribution in [3.63, 3.8) is 0 Å². The zero-order valence-electron chi connectivity index (χ0n) is 9.89. The van der Waals surface area contributed by atoms with Crippen LogP contribution in [0.4, 0.5) is 0 Å². The van der Waals surface area contributed by atoms with Gasteiger partial charge in [-0.05, 0) is 30.7 Å². The van der Waals surface area contributed by atoms with Gasteiger partial charge in [-0.2, -0.15) is 5.10 Å². The van der Waals surface area contributed by atoms with Crippen LogP contribution in [-0.2, 0) is 0 Å². The summed E-state index contributed by atoms with van der Waals surface area (Å²) in [7, 11) is 1.52. The van der Waals surface area contributed by atoms with Gasteiger partial charge in [0, 0.05) is 5.56 Å². The molecular formula is C12H12N2O4. The van der Waals surface area contributed by atoms with Gasteiger partial charge >= 0.3 is 5.97 Å². The van der Waals surface area contributed by atoms with Crippen molar-refractivity contribution >= 4 is 5.97 Å². The number of phenolic OH excluding ortho intramolecular Hbond substituents is 1. The maximum atomic E-state index is 10.8. The molecule has 0 aliphatic rings. The molecule has 0 aliphatic heterocycles. The van der Waals surface area contributed by atoms with E-state index in [9.17, 15) is 9.90 Å². The number of H-pyrrole nitrogens is 1. The van der Waals surface area contributed by atoms with Crippen LogP contribution in [0.5, 0.6) is 11.5 Å². The molecule has 0 saturated heterocycles. The number of aromatic carboxylic acids is 1. The molecule has 0 radical (unpaired) electrons. The fourth-order valence-electron chi connectivity index (χ4n) is 1.63. The summed E-state index contributed by atoms with van der Waals surface area (Å²) in [4.78, 5) is 10.8. The van der Waals surface area contributed by atoms with Crippen molar-refractivity contribution in [2.45, 2.75) is 6.92 Å². The summed E-state index contributed by atoms with van der Waals surface area (Å²) < 4.78 is 5.10. The van der Waals surface area contributed by atoms with Crippen LogP contribution < -0.4 is 4.74 Å². The minimum Gasteiger partial charge on any atom is -0.507 e. The topological polar surface area (TPSA) is 95.4 Å². The first-order valence-corrected chi connectivity index (χ1v) is 5.19. The molecule has 2 aromatic rings. The van der Waals surface area contributed by atoms with E-state index in [1.165, 1.54) is 13.2 Å². The highest BCUT2D eigenvalue weighted by molar-refractivity contribution is 5.87.